The number of carbonyl (C=O) groups excluding carboxylic acids is 1. The molecule has 0 bridgehead atoms. The number of benzene rings is 2. The van der Waals surface area contributed by atoms with E-state index in [0.29, 0.717) is 12.8 Å². The van der Waals surface area contributed by atoms with Crippen LogP contribution in [0.4, 0.5) is 5.69 Å². The van der Waals surface area contributed by atoms with Crippen LogP contribution in [-0.4, -0.2) is 12.2 Å². The molecule has 1 atom stereocenters. The Bertz CT molecular complexity index is 569. The fourth-order valence-corrected chi connectivity index (χ4v) is 2.46. The molecule has 0 saturated carbocycles. The van der Waals surface area contributed by atoms with Crippen molar-refractivity contribution in [2.75, 3.05) is 11.6 Å². The van der Waals surface area contributed by atoms with Crippen LogP contribution in [0.5, 0.6) is 0 Å². The van der Waals surface area contributed by atoms with Crippen LogP contribution < -0.4 is 11.1 Å². The molecule has 2 aromatic carbocycles. The van der Waals surface area contributed by atoms with Gasteiger partial charge in [-0.25, -0.2) is 0 Å². The Kier molecular flexibility index (Phi) is 5.84. The third-order valence-corrected chi connectivity index (χ3v) is 4.03. The summed E-state index contributed by atoms with van der Waals surface area (Å²) in [6.45, 7) is 0. The molecular formula is C17H20N2OS. The van der Waals surface area contributed by atoms with E-state index in [9.17, 15) is 4.79 Å². The van der Waals surface area contributed by atoms with Gasteiger partial charge in [0.05, 0.1) is 0 Å². The van der Waals surface area contributed by atoms with Gasteiger partial charge in [0.1, 0.15) is 0 Å². The van der Waals surface area contributed by atoms with Gasteiger partial charge in [-0.15, -0.1) is 11.8 Å². The fourth-order valence-electron chi connectivity index (χ4n) is 2.05. The maximum absolute atomic E-state index is 11.9. The van der Waals surface area contributed by atoms with Crippen molar-refractivity contribution >= 4 is 23.4 Å². The molecule has 3 N–H and O–H groups in total. The zero-order valence-corrected chi connectivity index (χ0v) is 12.9. The standard InChI is InChI=1S/C17H20N2OS/c1-21-15-9-7-14(8-10-15)19-17(20)12-11-16(18)13-5-3-2-4-6-13/h2-10,16H,11-12,18H2,1H3,(H,19,20). The molecule has 4 heteroatoms. The lowest BCUT2D eigenvalue weighted by atomic mass is 10.0. The summed E-state index contributed by atoms with van der Waals surface area (Å²) in [5.41, 5.74) is 7.98. The molecule has 1 unspecified atom stereocenters. The smallest absolute Gasteiger partial charge is 0.224 e. The molecule has 0 aliphatic carbocycles. The molecule has 1 amide bonds. The summed E-state index contributed by atoms with van der Waals surface area (Å²) >= 11 is 1.68. The van der Waals surface area contributed by atoms with Gasteiger partial charge in [0.2, 0.25) is 5.91 Å². The van der Waals surface area contributed by atoms with Gasteiger partial charge in [-0.05, 0) is 42.5 Å². The highest BCUT2D eigenvalue weighted by atomic mass is 32.2. The van der Waals surface area contributed by atoms with Gasteiger partial charge in [0, 0.05) is 23.0 Å². The topological polar surface area (TPSA) is 55.1 Å². The summed E-state index contributed by atoms with van der Waals surface area (Å²) in [5, 5.41) is 2.90. The highest BCUT2D eigenvalue weighted by molar-refractivity contribution is 7.98. The number of nitrogens with two attached hydrogens (primary N) is 1. The number of amides is 1. The maximum atomic E-state index is 11.9. The molecule has 0 fully saturated rings. The predicted octanol–water partition coefficient (Wildman–Crippen LogP) is 3.83. The van der Waals surface area contributed by atoms with E-state index in [1.54, 1.807) is 11.8 Å². The Morgan fingerprint density at radius 2 is 1.81 bits per heavy atom. The van der Waals surface area contributed by atoms with Crippen LogP contribution in [0.15, 0.2) is 59.5 Å². The Labute approximate surface area is 129 Å². The second kappa shape index (κ2) is 7.86. The van der Waals surface area contributed by atoms with Crippen LogP contribution in [0.1, 0.15) is 24.4 Å². The van der Waals surface area contributed by atoms with Gasteiger partial charge in [-0.2, -0.15) is 0 Å². The van der Waals surface area contributed by atoms with E-state index in [4.69, 9.17) is 5.73 Å². The molecule has 2 rings (SSSR count). The van der Waals surface area contributed by atoms with Crippen LogP contribution in [0, 0.1) is 0 Å². The van der Waals surface area contributed by atoms with Crippen molar-refractivity contribution in [1.29, 1.82) is 0 Å². The Morgan fingerprint density at radius 1 is 1.14 bits per heavy atom. The van der Waals surface area contributed by atoms with Crippen LogP contribution >= 0.6 is 11.8 Å². The molecule has 0 saturated heterocycles. The number of anilines is 1. The third-order valence-electron chi connectivity index (χ3n) is 3.28. The highest BCUT2D eigenvalue weighted by Gasteiger charge is 2.09. The molecule has 2 aromatic rings. The van der Waals surface area contributed by atoms with E-state index < -0.39 is 0 Å². The molecule has 0 aliphatic heterocycles. The summed E-state index contributed by atoms with van der Waals surface area (Å²) < 4.78 is 0. The number of hydrogen-bond donors (Lipinski definition) is 2. The molecule has 0 spiro atoms. The monoisotopic (exact) mass is 300 g/mol. The number of rotatable bonds is 6. The Morgan fingerprint density at radius 3 is 2.43 bits per heavy atom. The molecule has 0 aromatic heterocycles. The van der Waals surface area contributed by atoms with Crippen LogP contribution in [-0.2, 0) is 4.79 Å². The molecule has 0 heterocycles. The number of nitrogens with one attached hydrogen (secondary N) is 1. The predicted molar refractivity (Wildman–Crippen MR) is 89.5 cm³/mol. The SMILES string of the molecule is CSc1ccc(NC(=O)CCC(N)c2ccccc2)cc1. The van der Waals surface area contributed by atoms with Crippen LogP contribution in [0.3, 0.4) is 0 Å². The molecule has 0 radical (unpaired) electrons. The van der Waals surface area contributed by atoms with Crippen molar-refractivity contribution in [1.82, 2.24) is 0 Å². The average molecular weight is 300 g/mol. The molecule has 3 nitrogen and oxygen atoms in total. The molecule has 110 valence electrons. The lowest BCUT2D eigenvalue weighted by Gasteiger charge is -2.12. The second-order valence-corrected chi connectivity index (χ2v) is 5.71. The third kappa shape index (κ3) is 4.92. The minimum Gasteiger partial charge on any atom is -0.326 e. The Balaban J connectivity index is 1.81. The van der Waals surface area contributed by atoms with E-state index in [1.807, 2.05) is 60.9 Å². The second-order valence-electron chi connectivity index (χ2n) is 4.83. The summed E-state index contributed by atoms with van der Waals surface area (Å²) in [6.07, 6.45) is 3.08. The fraction of sp³-hybridized carbons (Fsp3) is 0.235. The first kappa shape index (κ1) is 15.6. The first-order valence-electron chi connectivity index (χ1n) is 6.93. The van der Waals surface area contributed by atoms with Gasteiger partial charge in [-0.3, -0.25) is 4.79 Å². The van der Waals surface area contributed by atoms with Crippen molar-refractivity contribution in [3.8, 4) is 0 Å². The van der Waals surface area contributed by atoms with Crippen molar-refractivity contribution in [2.24, 2.45) is 5.73 Å². The molecule has 0 aliphatic rings. The summed E-state index contributed by atoms with van der Waals surface area (Å²) in [6, 6.07) is 17.6. The average Bonchev–Trinajstić information content (AvgIpc) is 2.54. The van der Waals surface area contributed by atoms with Gasteiger partial charge in [0.15, 0.2) is 0 Å². The first-order chi connectivity index (χ1) is 10.2. The number of hydrogen-bond acceptors (Lipinski definition) is 3. The normalized spacial score (nSPS) is 11.9. The van der Waals surface area contributed by atoms with E-state index in [2.05, 4.69) is 5.32 Å². The van der Waals surface area contributed by atoms with Gasteiger partial charge in [0.25, 0.3) is 0 Å². The van der Waals surface area contributed by atoms with E-state index in [0.717, 1.165) is 11.3 Å². The maximum Gasteiger partial charge on any atom is 0.224 e. The lowest BCUT2D eigenvalue weighted by Crippen LogP contribution is -2.16. The van der Waals surface area contributed by atoms with Crippen molar-refractivity contribution < 1.29 is 4.79 Å². The number of thioether (sulfide) groups is 1. The van der Waals surface area contributed by atoms with Crippen LogP contribution in [0.25, 0.3) is 0 Å². The number of carbonyl (C=O) groups is 1. The highest BCUT2D eigenvalue weighted by Crippen LogP contribution is 2.19. The first-order valence-corrected chi connectivity index (χ1v) is 8.16. The lowest BCUT2D eigenvalue weighted by molar-refractivity contribution is -0.116. The summed E-state index contributed by atoms with van der Waals surface area (Å²) in [5.74, 6) is -0.00159. The van der Waals surface area contributed by atoms with Crippen LogP contribution in [0.2, 0.25) is 0 Å². The van der Waals surface area contributed by atoms with Crippen molar-refractivity contribution in [3.63, 3.8) is 0 Å². The molecular weight excluding hydrogens is 280 g/mol. The quantitative estimate of drug-likeness (QED) is 0.797. The van der Waals surface area contributed by atoms with Gasteiger partial charge >= 0.3 is 0 Å². The van der Waals surface area contributed by atoms with E-state index >= 15 is 0 Å². The largest absolute Gasteiger partial charge is 0.326 e. The zero-order valence-electron chi connectivity index (χ0n) is 12.1. The van der Waals surface area contributed by atoms with Crippen molar-refractivity contribution in [3.05, 3.63) is 60.2 Å². The minimum absolute atomic E-state index is 0.00159. The van der Waals surface area contributed by atoms with Gasteiger partial charge in [-0.1, -0.05) is 30.3 Å². The van der Waals surface area contributed by atoms with E-state index in [1.165, 1.54) is 4.90 Å². The Hall–Kier alpha value is -1.78. The van der Waals surface area contributed by atoms with Gasteiger partial charge < -0.3 is 11.1 Å². The van der Waals surface area contributed by atoms with Crippen molar-refractivity contribution in [2.45, 2.75) is 23.8 Å². The summed E-state index contributed by atoms with van der Waals surface area (Å²) in [7, 11) is 0. The molecule has 21 heavy (non-hydrogen) atoms. The zero-order chi connectivity index (χ0) is 15.1. The van der Waals surface area contributed by atoms with E-state index in [-0.39, 0.29) is 11.9 Å². The summed E-state index contributed by atoms with van der Waals surface area (Å²) in [4.78, 5) is 13.1. The minimum atomic E-state index is -0.101.